The maximum absolute atomic E-state index is 9.36. The molecule has 1 aromatic heterocycles. The summed E-state index contributed by atoms with van der Waals surface area (Å²) in [7, 11) is 1.00. The fraction of sp³-hybridized carbons (Fsp3) is 0.385. The van der Waals surface area contributed by atoms with Crippen LogP contribution in [-0.2, 0) is 6.42 Å². The van der Waals surface area contributed by atoms with Gasteiger partial charge in [0, 0.05) is 12.8 Å². The van der Waals surface area contributed by atoms with Gasteiger partial charge in [0.25, 0.3) is 0 Å². The van der Waals surface area contributed by atoms with Crippen molar-refractivity contribution in [2.45, 2.75) is 27.2 Å². The Hall–Kier alpha value is -1.52. The Bertz CT molecular complexity index is 378. The molecule has 5 N–H and O–H groups in total. The number of aromatic nitrogens is 1. The van der Waals surface area contributed by atoms with E-state index in [0.717, 1.165) is 30.5 Å². The van der Waals surface area contributed by atoms with Gasteiger partial charge >= 0.3 is 0 Å². The van der Waals surface area contributed by atoms with Crippen LogP contribution in [0.1, 0.15) is 36.4 Å². The van der Waals surface area contributed by atoms with E-state index in [1.54, 1.807) is 0 Å². The molecule has 1 heterocycles. The summed E-state index contributed by atoms with van der Waals surface area (Å²) < 4.78 is 0. The Morgan fingerprint density at radius 3 is 2.29 bits per heavy atom. The molecule has 1 rings (SSSR count). The number of hydrogen-bond acceptors (Lipinski definition) is 2. The minimum absolute atomic E-state index is 0. The van der Waals surface area contributed by atoms with Gasteiger partial charge in [-0.3, -0.25) is 0 Å². The van der Waals surface area contributed by atoms with E-state index in [1.807, 2.05) is 26.0 Å². The Morgan fingerprint density at radius 1 is 1.41 bits per heavy atom. The summed E-state index contributed by atoms with van der Waals surface area (Å²) in [4.78, 5) is 3.16. The predicted octanol–water partition coefficient (Wildman–Crippen LogP) is 2.23. The van der Waals surface area contributed by atoms with Gasteiger partial charge in [-0.15, -0.1) is 0 Å². The van der Waals surface area contributed by atoms with Crippen molar-refractivity contribution in [3.63, 3.8) is 0 Å². The van der Waals surface area contributed by atoms with Crippen molar-refractivity contribution in [2.24, 2.45) is 0 Å². The normalized spacial score (nSPS) is 9.47. The number of hydrogen-bond donors (Lipinski definition) is 3. The zero-order valence-electron chi connectivity index (χ0n) is 11.0. The molecule has 0 amide bonds. The first-order valence-corrected chi connectivity index (χ1v) is 5.28. The van der Waals surface area contributed by atoms with E-state index < -0.39 is 0 Å². The second kappa shape index (κ2) is 8.61. The van der Waals surface area contributed by atoms with Crippen LogP contribution >= 0.6 is 0 Å². The lowest BCUT2D eigenvalue weighted by Crippen LogP contribution is -1.85. The SMILES string of the molecule is C=C(O)c1[nH]c(C=CC)c(CC)c1C.CO.O. The maximum Gasteiger partial charge on any atom is 0.132 e. The summed E-state index contributed by atoms with van der Waals surface area (Å²) in [6, 6.07) is 0. The maximum atomic E-state index is 9.36. The molecule has 4 heteroatoms. The second-order valence-electron chi connectivity index (χ2n) is 3.32. The van der Waals surface area contributed by atoms with Gasteiger partial charge in [0.1, 0.15) is 5.76 Å². The molecule has 0 spiro atoms. The molecular weight excluding hydrogens is 218 g/mol. The highest BCUT2D eigenvalue weighted by Gasteiger charge is 2.11. The third-order valence-corrected chi connectivity index (χ3v) is 2.39. The topological polar surface area (TPSA) is 87.8 Å². The molecule has 0 aromatic carbocycles. The third-order valence-electron chi connectivity index (χ3n) is 2.39. The van der Waals surface area contributed by atoms with Crippen molar-refractivity contribution >= 4 is 11.8 Å². The van der Waals surface area contributed by atoms with Crippen LogP contribution in [0.4, 0.5) is 0 Å². The highest BCUT2D eigenvalue weighted by molar-refractivity contribution is 5.64. The van der Waals surface area contributed by atoms with Gasteiger partial charge in [0.2, 0.25) is 0 Å². The molecule has 0 aliphatic carbocycles. The van der Waals surface area contributed by atoms with E-state index in [2.05, 4.69) is 18.5 Å². The second-order valence-corrected chi connectivity index (χ2v) is 3.32. The summed E-state index contributed by atoms with van der Waals surface area (Å²) in [5.41, 5.74) is 4.15. The average molecular weight is 241 g/mol. The molecule has 0 saturated heterocycles. The van der Waals surface area contributed by atoms with E-state index >= 15 is 0 Å². The Kier molecular flexibility index (Phi) is 9.05. The van der Waals surface area contributed by atoms with Gasteiger partial charge in [0.05, 0.1) is 5.69 Å². The first-order chi connectivity index (χ1) is 7.61. The molecule has 0 fully saturated rings. The molecule has 1 aromatic rings. The van der Waals surface area contributed by atoms with Crippen LogP contribution in [0.2, 0.25) is 0 Å². The zero-order valence-corrected chi connectivity index (χ0v) is 11.0. The molecule has 0 atom stereocenters. The number of allylic oxidation sites excluding steroid dienone is 1. The smallest absolute Gasteiger partial charge is 0.132 e. The molecule has 4 nitrogen and oxygen atoms in total. The average Bonchev–Trinajstić information content (AvgIpc) is 2.59. The van der Waals surface area contributed by atoms with E-state index in [0.29, 0.717) is 0 Å². The van der Waals surface area contributed by atoms with Crippen molar-refractivity contribution in [2.75, 3.05) is 7.11 Å². The van der Waals surface area contributed by atoms with Crippen molar-refractivity contribution < 1.29 is 15.7 Å². The molecule has 0 aliphatic rings. The third kappa shape index (κ3) is 4.09. The molecule has 0 bridgehead atoms. The minimum atomic E-state index is 0. The number of aliphatic hydroxyl groups is 2. The molecule has 98 valence electrons. The highest BCUT2D eigenvalue weighted by Crippen LogP contribution is 2.23. The van der Waals surface area contributed by atoms with Gasteiger partial charge < -0.3 is 20.7 Å². The Morgan fingerprint density at radius 2 is 1.94 bits per heavy atom. The molecule has 17 heavy (non-hydrogen) atoms. The first kappa shape index (κ1) is 17.9. The predicted molar refractivity (Wildman–Crippen MR) is 73.0 cm³/mol. The van der Waals surface area contributed by atoms with Crippen molar-refractivity contribution in [3.05, 3.63) is 35.2 Å². The molecule has 0 aliphatic heterocycles. The Labute approximate surface area is 103 Å². The van der Waals surface area contributed by atoms with Gasteiger partial charge in [-0.25, -0.2) is 0 Å². The number of aliphatic hydroxyl groups excluding tert-OH is 2. The van der Waals surface area contributed by atoms with Gasteiger partial charge in [-0.05, 0) is 37.5 Å². The number of rotatable bonds is 3. The monoisotopic (exact) mass is 241 g/mol. The summed E-state index contributed by atoms with van der Waals surface area (Å²) in [6.45, 7) is 9.61. The van der Waals surface area contributed by atoms with Crippen LogP contribution in [-0.4, -0.2) is 27.8 Å². The van der Waals surface area contributed by atoms with E-state index in [1.165, 1.54) is 5.56 Å². The lowest BCUT2D eigenvalue weighted by atomic mass is 10.1. The van der Waals surface area contributed by atoms with Crippen molar-refractivity contribution in [1.82, 2.24) is 4.98 Å². The first-order valence-electron chi connectivity index (χ1n) is 5.28. The van der Waals surface area contributed by atoms with Crippen LogP contribution in [0.5, 0.6) is 0 Å². The summed E-state index contributed by atoms with van der Waals surface area (Å²) >= 11 is 0. The summed E-state index contributed by atoms with van der Waals surface area (Å²) in [6.07, 6.45) is 4.95. The fourth-order valence-corrected chi connectivity index (χ4v) is 1.71. The molecular formula is C13H23NO3. The van der Waals surface area contributed by atoms with Gasteiger partial charge in [-0.1, -0.05) is 19.6 Å². The lowest BCUT2D eigenvalue weighted by Gasteiger charge is -1.97. The molecule has 0 unspecified atom stereocenters. The molecule has 0 radical (unpaired) electrons. The van der Waals surface area contributed by atoms with Crippen LogP contribution in [0.25, 0.3) is 11.8 Å². The molecule has 0 saturated carbocycles. The van der Waals surface area contributed by atoms with Crippen LogP contribution in [0, 0.1) is 6.92 Å². The number of aromatic amines is 1. The van der Waals surface area contributed by atoms with Crippen LogP contribution < -0.4 is 0 Å². The summed E-state index contributed by atoms with van der Waals surface area (Å²) in [5.74, 6) is 0.105. The van der Waals surface area contributed by atoms with Crippen molar-refractivity contribution in [3.8, 4) is 0 Å². The quantitative estimate of drug-likeness (QED) is 0.708. The fourth-order valence-electron chi connectivity index (χ4n) is 1.71. The standard InChI is InChI=1S/C12H17NO.CH4O.H2O/c1-5-7-11-10(6-2)8(3)12(13-11)9(4)14;1-2;/h5,7,13-14H,4,6H2,1-3H3;2H,1H3;1H2. The van der Waals surface area contributed by atoms with Crippen LogP contribution in [0.3, 0.4) is 0 Å². The highest BCUT2D eigenvalue weighted by atomic mass is 16.3. The number of H-pyrrole nitrogens is 1. The minimum Gasteiger partial charge on any atom is -0.506 e. The van der Waals surface area contributed by atoms with Crippen molar-refractivity contribution in [1.29, 1.82) is 0 Å². The largest absolute Gasteiger partial charge is 0.506 e. The van der Waals surface area contributed by atoms with Gasteiger partial charge in [0.15, 0.2) is 0 Å². The summed E-state index contributed by atoms with van der Waals surface area (Å²) in [5, 5.41) is 16.4. The van der Waals surface area contributed by atoms with Gasteiger partial charge in [-0.2, -0.15) is 0 Å². The Balaban J connectivity index is 0. The van der Waals surface area contributed by atoms with E-state index in [9.17, 15) is 5.11 Å². The number of nitrogens with one attached hydrogen (secondary N) is 1. The zero-order chi connectivity index (χ0) is 12.7. The van der Waals surface area contributed by atoms with Crippen LogP contribution in [0.15, 0.2) is 12.7 Å². The van der Waals surface area contributed by atoms with E-state index in [4.69, 9.17) is 5.11 Å². The van der Waals surface area contributed by atoms with E-state index in [-0.39, 0.29) is 11.2 Å². The lowest BCUT2D eigenvalue weighted by molar-refractivity contribution is 0.399.